The molecular formula is C14H20N2O2. The fourth-order valence-electron chi connectivity index (χ4n) is 1.69. The van der Waals surface area contributed by atoms with Gasteiger partial charge >= 0.3 is 0 Å². The maximum Gasteiger partial charge on any atom is 0.122 e. The molecule has 0 aliphatic heterocycles. The third kappa shape index (κ3) is 2.93. The number of nitrogens with zero attached hydrogens (tertiary/aromatic N) is 2. The molecule has 0 aliphatic rings. The van der Waals surface area contributed by atoms with Crippen molar-refractivity contribution in [2.75, 3.05) is 28.3 Å². The van der Waals surface area contributed by atoms with Gasteiger partial charge in [0.05, 0.1) is 20.3 Å². The predicted octanol–water partition coefficient (Wildman–Crippen LogP) is 2.09. The maximum atomic E-state index is 9.34. The van der Waals surface area contributed by atoms with Crippen LogP contribution >= 0.6 is 0 Å². The standard InChI is InChI=1S/C14H20N2O2/c1-14(10-15,16(2)3)9-11-8-12(17-4)6-7-13(11)18-5/h6-8H,9H2,1-5H3. The highest BCUT2D eigenvalue weighted by molar-refractivity contribution is 5.42. The van der Waals surface area contributed by atoms with Crippen molar-refractivity contribution in [3.05, 3.63) is 23.8 Å². The summed E-state index contributed by atoms with van der Waals surface area (Å²) in [5, 5.41) is 9.34. The quantitative estimate of drug-likeness (QED) is 0.800. The van der Waals surface area contributed by atoms with E-state index in [1.54, 1.807) is 14.2 Å². The van der Waals surface area contributed by atoms with Gasteiger partial charge in [-0.05, 0) is 39.2 Å². The van der Waals surface area contributed by atoms with E-state index in [9.17, 15) is 5.26 Å². The van der Waals surface area contributed by atoms with E-state index in [2.05, 4.69) is 6.07 Å². The molecule has 1 aromatic rings. The van der Waals surface area contributed by atoms with Crippen LogP contribution in [-0.2, 0) is 6.42 Å². The Kier molecular flexibility index (Phi) is 4.57. The van der Waals surface area contributed by atoms with Crippen LogP contribution in [0.4, 0.5) is 0 Å². The summed E-state index contributed by atoms with van der Waals surface area (Å²) in [7, 11) is 7.05. The van der Waals surface area contributed by atoms with E-state index >= 15 is 0 Å². The van der Waals surface area contributed by atoms with E-state index in [0.717, 1.165) is 17.1 Å². The monoisotopic (exact) mass is 248 g/mol. The van der Waals surface area contributed by atoms with E-state index < -0.39 is 5.54 Å². The van der Waals surface area contributed by atoms with Crippen LogP contribution in [-0.4, -0.2) is 38.8 Å². The molecule has 0 radical (unpaired) electrons. The third-order valence-corrected chi connectivity index (χ3v) is 3.25. The Morgan fingerprint density at radius 3 is 2.39 bits per heavy atom. The summed E-state index contributed by atoms with van der Waals surface area (Å²) >= 11 is 0. The lowest BCUT2D eigenvalue weighted by Gasteiger charge is -2.30. The molecule has 0 spiro atoms. The second-order valence-electron chi connectivity index (χ2n) is 4.63. The number of hydrogen-bond donors (Lipinski definition) is 0. The summed E-state index contributed by atoms with van der Waals surface area (Å²) in [4.78, 5) is 1.91. The van der Waals surface area contributed by atoms with Crippen molar-refractivity contribution >= 4 is 0 Å². The molecule has 0 N–H and O–H groups in total. The van der Waals surface area contributed by atoms with Crippen LogP contribution in [0.15, 0.2) is 18.2 Å². The molecule has 0 bridgehead atoms. The molecule has 0 saturated carbocycles. The van der Waals surface area contributed by atoms with Gasteiger partial charge in [0.1, 0.15) is 17.0 Å². The SMILES string of the molecule is COc1ccc(OC)c(CC(C)(C#N)N(C)C)c1. The molecule has 0 saturated heterocycles. The number of nitriles is 1. The number of rotatable bonds is 5. The lowest BCUT2D eigenvalue weighted by atomic mass is 9.92. The molecule has 98 valence electrons. The summed E-state index contributed by atoms with van der Waals surface area (Å²) in [6.07, 6.45) is 0.580. The summed E-state index contributed by atoms with van der Waals surface area (Å²) in [6.45, 7) is 1.91. The van der Waals surface area contributed by atoms with Crippen LogP contribution in [0.3, 0.4) is 0 Å². The van der Waals surface area contributed by atoms with Crippen molar-refractivity contribution in [1.29, 1.82) is 5.26 Å². The molecule has 1 unspecified atom stereocenters. The van der Waals surface area contributed by atoms with Crippen LogP contribution in [0.1, 0.15) is 12.5 Å². The first-order valence-corrected chi connectivity index (χ1v) is 5.76. The highest BCUT2D eigenvalue weighted by Crippen LogP contribution is 2.28. The van der Waals surface area contributed by atoms with Gasteiger partial charge in [-0.1, -0.05) is 0 Å². The molecule has 18 heavy (non-hydrogen) atoms. The largest absolute Gasteiger partial charge is 0.497 e. The van der Waals surface area contributed by atoms with Crippen LogP contribution in [0.2, 0.25) is 0 Å². The summed E-state index contributed by atoms with van der Waals surface area (Å²) in [5.74, 6) is 1.55. The number of benzene rings is 1. The summed E-state index contributed by atoms with van der Waals surface area (Å²) < 4.78 is 10.5. The summed E-state index contributed by atoms with van der Waals surface area (Å²) in [6, 6.07) is 7.97. The average Bonchev–Trinajstić information content (AvgIpc) is 2.38. The molecule has 1 rings (SSSR count). The zero-order valence-electron chi connectivity index (χ0n) is 11.7. The second kappa shape index (κ2) is 5.74. The Morgan fingerprint density at radius 2 is 1.94 bits per heavy atom. The Bertz CT molecular complexity index is 452. The highest BCUT2D eigenvalue weighted by Gasteiger charge is 2.28. The lowest BCUT2D eigenvalue weighted by molar-refractivity contribution is 0.234. The van der Waals surface area contributed by atoms with E-state index in [4.69, 9.17) is 9.47 Å². The smallest absolute Gasteiger partial charge is 0.122 e. The predicted molar refractivity (Wildman–Crippen MR) is 71.0 cm³/mol. The molecule has 0 amide bonds. The Morgan fingerprint density at radius 1 is 1.28 bits per heavy atom. The molecular weight excluding hydrogens is 228 g/mol. The van der Waals surface area contributed by atoms with Crippen molar-refractivity contribution in [3.63, 3.8) is 0 Å². The van der Waals surface area contributed by atoms with Gasteiger partial charge in [0.25, 0.3) is 0 Å². The van der Waals surface area contributed by atoms with Crippen molar-refractivity contribution in [3.8, 4) is 17.6 Å². The minimum absolute atomic E-state index is 0.570. The minimum atomic E-state index is -0.570. The molecule has 1 aromatic carbocycles. The molecule has 1 atom stereocenters. The topological polar surface area (TPSA) is 45.5 Å². The Balaban J connectivity index is 3.12. The number of ether oxygens (including phenoxy) is 2. The molecule has 4 nitrogen and oxygen atoms in total. The number of methoxy groups -OCH3 is 2. The van der Waals surface area contributed by atoms with Crippen molar-refractivity contribution in [1.82, 2.24) is 4.90 Å². The van der Waals surface area contributed by atoms with E-state index in [1.165, 1.54) is 0 Å². The Labute approximate surface area is 109 Å². The van der Waals surface area contributed by atoms with Gasteiger partial charge < -0.3 is 9.47 Å². The molecule has 0 aliphatic carbocycles. The maximum absolute atomic E-state index is 9.34. The van der Waals surface area contributed by atoms with Crippen LogP contribution in [0.25, 0.3) is 0 Å². The molecule has 0 aromatic heterocycles. The zero-order valence-corrected chi connectivity index (χ0v) is 11.7. The average molecular weight is 248 g/mol. The number of likely N-dealkylation sites (N-methyl/N-ethyl adjacent to an activating group) is 1. The van der Waals surface area contributed by atoms with Gasteiger partial charge in [0, 0.05) is 12.0 Å². The van der Waals surface area contributed by atoms with Gasteiger partial charge in [-0.25, -0.2) is 0 Å². The normalized spacial score (nSPS) is 13.8. The Hall–Kier alpha value is -1.73. The summed E-state index contributed by atoms with van der Waals surface area (Å²) in [5.41, 5.74) is 0.397. The molecule has 0 fully saturated rings. The first-order valence-electron chi connectivity index (χ1n) is 5.76. The minimum Gasteiger partial charge on any atom is -0.497 e. The van der Waals surface area contributed by atoms with E-state index in [0.29, 0.717) is 6.42 Å². The third-order valence-electron chi connectivity index (χ3n) is 3.25. The zero-order chi connectivity index (χ0) is 13.8. The molecule has 0 heterocycles. The van der Waals surface area contributed by atoms with Crippen molar-refractivity contribution in [2.24, 2.45) is 0 Å². The molecule has 4 heteroatoms. The first kappa shape index (κ1) is 14.3. The van der Waals surface area contributed by atoms with Crippen LogP contribution < -0.4 is 9.47 Å². The van der Waals surface area contributed by atoms with E-state index in [-0.39, 0.29) is 0 Å². The second-order valence-corrected chi connectivity index (χ2v) is 4.63. The van der Waals surface area contributed by atoms with Gasteiger partial charge in [-0.3, -0.25) is 4.90 Å². The fraction of sp³-hybridized carbons (Fsp3) is 0.500. The van der Waals surface area contributed by atoms with Gasteiger partial charge in [0.15, 0.2) is 0 Å². The first-order chi connectivity index (χ1) is 8.46. The van der Waals surface area contributed by atoms with Crippen LogP contribution in [0.5, 0.6) is 11.5 Å². The van der Waals surface area contributed by atoms with Crippen LogP contribution in [0, 0.1) is 11.3 Å². The van der Waals surface area contributed by atoms with Gasteiger partial charge in [0.2, 0.25) is 0 Å². The number of hydrogen-bond acceptors (Lipinski definition) is 4. The lowest BCUT2D eigenvalue weighted by Crippen LogP contribution is -2.41. The van der Waals surface area contributed by atoms with Gasteiger partial charge in [-0.15, -0.1) is 0 Å². The fourth-order valence-corrected chi connectivity index (χ4v) is 1.69. The van der Waals surface area contributed by atoms with E-state index in [1.807, 2.05) is 44.1 Å². The highest BCUT2D eigenvalue weighted by atomic mass is 16.5. The van der Waals surface area contributed by atoms with Crippen molar-refractivity contribution in [2.45, 2.75) is 18.9 Å². The van der Waals surface area contributed by atoms with Gasteiger partial charge in [-0.2, -0.15) is 5.26 Å². The van der Waals surface area contributed by atoms with Crippen molar-refractivity contribution < 1.29 is 9.47 Å².